The topological polar surface area (TPSA) is 12.0 Å². The molecule has 2 aliphatic rings. The molecule has 58 valence electrons. The van der Waals surface area contributed by atoms with Gasteiger partial charge in [0.25, 0.3) is 0 Å². The van der Waals surface area contributed by atoms with Crippen LogP contribution in [0.5, 0.6) is 0 Å². The summed E-state index contributed by atoms with van der Waals surface area (Å²) in [7, 11) is 0. The summed E-state index contributed by atoms with van der Waals surface area (Å²) in [6.07, 6.45) is 4.45. The van der Waals surface area contributed by atoms with Crippen molar-refractivity contribution in [3.05, 3.63) is 0 Å². The highest BCUT2D eigenvalue weighted by atomic mass is 15.0. The largest absolute Gasteiger partial charge is 0.311 e. The number of nitrogens with one attached hydrogen (secondary N) is 1. The Balaban J connectivity index is 1.82. The van der Waals surface area contributed by atoms with Crippen molar-refractivity contribution in [2.24, 2.45) is 11.8 Å². The van der Waals surface area contributed by atoms with Gasteiger partial charge in [-0.1, -0.05) is 13.8 Å². The summed E-state index contributed by atoms with van der Waals surface area (Å²) >= 11 is 0. The molecule has 0 spiro atoms. The Labute approximate surface area is 63.2 Å². The van der Waals surface area contributed by atoms with Crippen molar-refractivity contribution in [2.75, 3.05) is 0 Å². The second-order valence-corrected chi connectivity index (χ2v) is 4.16. The lowest BCUT2D eigenvalue weighted by Gasteiger charge is -2.16. The summed E-state index contributed by atoms with van der Waals surface area (Å²) in [6.45, 7) is 4.49. The maximum atomic E-state index is 3.63. The van der Waals surface area contributed by atoms with E-state index in [2.05, 4.69) is 19.2 Å². The average molecular weight is 139 g/mol. The third-order valence-corrected chi connectivity index (χ3v) is 2.89. The van der Waals surface area contributed by atoms with Gasteiger partial charge in [0.15, 0.2) is 0 Å². The minimum Gasteiger partial charge on any atom is -0.311 e. The Bertz CT molecular complexity index is 131. The van der Waals surface area contributed by atoms with Crippen LogP contribution in [0.15, 0.2) is 0 Å². The van der Waals surface area contributed by atoms with Crippen molar-refractivity contribution in [1.82, 2.24) is 5.32 Å². The van der Waals surface area contributed by atoms with Crippen LogP contribution in [0.3, 0.4) is 0 Å². The highest BCUT2D eigenvalue weighted by molar-refractivity contribution is 5.01. The molecule has 2 aliphatic carbocycles. The van der Waals surface area contributed by atoms with Crippen LogP contribution in [-0.2, 0) is 0 Å². The lowest BCUT2D eigenvalue weighted by Crippen LogP contribution is -2.34. The Kier molecular flexibility index (Phi) is 1.48. The third kappa shape index (κ3) is 1.07. The predicted molar refractivity (Wildman–Crippen MR) is 42.9 cm³/mol. The Morgan fingerprint density at radius 1 is 1.30 bits per heavy atom. The molecule has 1 unspecified atom stereocenters. The summed E-state index contributed by atoms with van der Waals surface area (Å²) < 4.78 is 0. The van der Waals surface area contributed by atoms with Gasteiger partial charge in [-0.2, -0.15) is 0 Å². The molecule has 0 bridgehead atoms. The standard InChI is InChI=1S/C9H17N/c1-6(2)10-9-4-3-7-5-8(7)9/h6-10H,3-5H2,1-2H3/t7-,8+,9?/m1/s1. The molecule has 0 radical (unpaired) electrons. The molecule has 1 N–H and O–H groups in total. The van der Waals surface area contributed by atoms with E-state index in [-0.39, 0.29) is 0 Å². The smallest absolute Gasteiger partial charge is 0.0100 e. The SMILES string of the molecule is CC(C)NC1CC[C@@H]2C[C@H]12. The first kappa shape index (κ1) is 6.66. The van der Waals surface area contributed by atoms with E-state index in [0.29, 0.717) is 6.04 Å². The molecule has 0 aromatic rings. The lowest BCUT2D eigenvalue weighted by molar-refractivity contribution is 0.433. The predicted octanol–water partition coefficient (Wildman–Crippen LogP) is 1.78. The molecule has 0 amide bonds. The van der Waals surface area contributed by atoms with Gasteiger partial charge in [-0.05, 0) is 31.1 Å². The summed E-state index contributed by atoms with van der Waals surface area (Å²) in [5.41, 5.74) is 0. The van der Waals surface area contributed by atoms with E-state index < -0.39 is 0 Å². The van der Waals surface area contributed by atoms with Crippen LogP contribution in [0.25, 0.3) is 0 Å². The average Bonchev–Trinajstić information content (AvgIpc) is 2.52. The van der Waals surface area contributed by atoms with Gasteiger partial charge in [0.2, 0.25) is 0 Å². The molecular weight excluding hydrogens is 122 g/mol. The molecule has 0 saturated heterocycles. The fourth-order valence-corrected chi connectivity index (χ4v) is 2.34. The third-order valence-electron chi connectivity index (χ3n) is 2.89. The van der Waals surface area contributed by atoms with Crippen molar-refractivity contribution in [3.63, 3.8) is 0 Å². The Morgan fingerprint density at radius 2 is 2.10 bits per heavy atom. The van der Waals surface area contributed by atoms with Gasteiger partial charge in [0.1, 0.15) is 0 Å². The maximum absolute atomic E-state index is 3.63. The summed E-state index contributed by atoms with van der Waals surface area (Å²) in [5, 5.41) is 3.63. The molecule has 2 saturated carbocycles. The van der Waals surface area contributed by atoms with Crippen LogP contribution in [-0.4, -0.2) is 12.1 Å². The molecule has 1 nitrogen and oxygen atoms in total. The number of hydrogen-bond donors (Lipinski definition) is 1. The number of rotatable bonds is 2. The van der Waals surface area contributed by atoms with Crippen molar-refractivity contribution in [1.29, 1.82) is 0 Å². The van der Waals surface area contributed by atoms with Crippen LogP contribution in [0, 0.1) is 11.8 Å². The summed E-state index contributed by atoms with van der Waals surface area (Å²) in [6, 6.07) is 1.56. The van der Waals surface area contributed by atoms with Gasteiger partial charge in [-0.25, -0.2) is 0 Å². The minimum absolute atomic E-state index is 0.685. The minimum atomic E-state index is 0.685. The van der Waals surface area contributed by atoms with Gasteiger partial charge in [0, 0.05) is 12.1 Å². The van der Waals surface area contributed by atoms with E-state index in [1.807, 2.05) is 0 Å². The maximum Gasteiger partial charge on any atom is 0.0100 e. The first-order valence-electron chi connectivity index (χ1n) is 4.53. The van der Waals surface area contributed by atoms with Gasteiger partial charge < -0.3 is 5.32 Å². The van der Waals surface area contributed by atoms with E-state index >= 15 is 0 Å². The Morgan fingerprint density at radius 3 is 2.50 bits per heavy atom. The zero-order chi connectivity index (χ0) is 7.14. The van der Waals surface area contributed by atoms with Crippen molar-refractivity contribution in [3.8, 4) is 0 Å². The van der Waals surface area contributed by atoms with Crippen LogP contribution in [0.4, 0.5) is 0 Å². The molecule has 0 aromatic heterocycles. The molecule has 3 atom stereocenters. The number of fused-ring (bicyclic) bond motifs is 1. The van der Waals surface area contributed by atoms with E-state index in [9.17, 15) is 0 Å². The van der Waals surface area contributed by atoms with Gasteiger partial charge in [0.05, 0.1) is 0 Å². The summed E-state index contributed by atoms with van der Waals surface area (Å²) in [4.78, 5) is 0. The Hall–Kier alpha value is -0.0400. The van der Waals surface area contributed by atoms with Gasteiger partial charge >= 0.3 is 0 Å². The molecule has 2 fully saturated rings. The normalized spacial score (nSPS) is 44.1. The van der Waals surface area contributed by atoms with Gasteiger partial charge in [-0.3, -0.25) is 0 Å². The molecule has 1 heteroatoms. The second kappa shape index (κ2) is 2.23. The van der Waals surface area contributed by atoms with E-state index in [1.165, 1.54) is 19.3 Å². The first-order chi connectivity index (χ1) is 4.77. The second-order valence-electron chi connectivity index (χ2n) is 4.16. The highest BCUT2D eigenvalue weighted by Crippen LogP contribution is 2.51. The van der Waals surface area contributed by atoms with E-state index in [4.69, 9.17) is 0 Å². The monoisotopic (exact) mass is 139 g/mol. The van der Waals surface area contributed by atoms with Crippen molar-refractivity contribution < 1.29 is 0 Å². The van der Waals surface area contributed by atoms with Crippen LogP contribution >= 0.6 is 0 Å². The molecular formula is C9H17N. The van der Waals surface area contributed by atoms with Gasteiger partial charge in [-0.15, -0.1) is 0 Å². The molecule has 0 heterocycles. The summed E-state index contributed by atoms with van der Waals surface area (Å²) in [5.74, 6) is 2.19. The van der Waals surface area contributed by atoms with Crippen molar-refractivity contribution >= 4 is 0 Å². The molecule has 10 heavy (non-hydrogen) atoms. The highest BCUT2D eigenvalue weighted by Gasteiger charge is 2.47. The molecule has 2 rings (SSSR count). The van der Waals surface area contributed by atoms with E-state index in [1.54, 1.807) is 0 Å². The molecule has 0 aromatic carbocycles. The molecule has 0 aliphatic heterocycles. The fourth-order valence-electron chi connectivity index (χ4n) is 2.34. The zero-order valence-corrected chi connectivity index (χ0v) is 6.93. The van der Waals surface area contributed by atoms with Crippen molar-refractivity contribution in [2.45, 2.75) is 45.2 Å². The van der Waals surface area contributed by atoms with Crippen LogP contribution in [0.2, 0.25) is 0 Å². The lowest BCUT2D eigenvalue weighted by atomic mass is 10.1. The zero-order valence-electron chi connectivity index (χ0n) is 6.93. The first-order valence-corrected chi connectivity index (χ1v) is 4.53. The fraction of sp³-hybridized carbons (Fsp3) is 1.00. The van der Waals surface area contributed by atoms with Crippen LogP contribution < -0.4 is 5.32 Å². The van der Waals surface area contributed by atoms with E-state index in [0.717, 1.165) is 17.9 Å². The van der Waals surface area contributed by atoms with Crippen LogP contribution in [0.1, 0.15) is 33.1 Å². The quantitative estimate of drug-likeness (QED) is 0.615. The number of hydrogen-bond acceptors (Lipinski definition) is 1.